The highest BCUT2D eigenvalue weighted by atomic mass is 16.5. The van der Waals surface area contributed by atoms with Gasteiger partial charge in [-0.3, -0.25) is 4.79 Å². The number of hydrogen-bond acceptors (Lipinski definition) is 4. The van der Waals surface area contributed by atoms with Crippen LogP contribution in [0.3, 0.4) is 0 Å². The number of carbonyl (C=O) groups excluding carboxylic acids is 1. The highest BCUT2D eigenvalue weighted by Gasteiger charge is 2.07. The van der Waals surface area contributed by atoms with Gasteiger partial charge in [0, 0.05) is 25.8 Å². The van der Waals surface area contributed by atoms with Crippen molar-refractivity contribution in [2.75, 3.05) is 33.9 Å². The van der Waals surface area contributed by atoms with Gasteiger partial charge in [-0.1, -0.05) is 37.3 Å². The van der Waals surface area contributed by atoms with E-state index in [4.69, 9.17) is 9.47 Å². The SMILES string of the molecule is CCN(C)Cc1cccc(CNC(=O)c2cccc(OCCOC)c2)c1. The first kappa shape index (κ1) is 19.9. The van der Waals surface area contributed by atoms with Gasteiger partial charge in [0.15, 0.2) is 0 Å². The number of ether oxygens (including phenoxy) is 2. The van der Waals surface area contributed by atoms with Gasteiger partial charge >= 0.3 is 0 Å². The molecule has 0 aliphatic rings. The number of carbonyl (C=O) groups is 1. The third-order valence-electron chi connectivity index (χ3n) is 4.09. The van der Waals surface area contributed by atoms with Crippen LogP contribution < -0.4 is 10.1 Å². The molecule has 2 rings (SSSR count). The summed E-state index contributed by atoms with van der Waals surface area (Å²) in [6.45, 7) is 5.51. The molecule has 0 saturated heterocycles. The smallest absolute Gasteiger partial charge is 0.251 e. The molecule has 0 aromatic heterocycles. The molecule has 140 valence electrons. The van der Waals surface area contributed by atoms with E-state index in [1.807, 2.05) is 24.3 Å². The minimum atomic E-state index is -0.113. The molecule has 0 aliphatic heterocycles. The summed E-state index contributed by atoms with van der Waals surface area (Å²) in [5.74, 6) is 0.553. The van der Waals surface area contributed by atoms with Crippen LogP contribution in [0.5, 0.6) is 5.75 Å². The van der Waals surface area contributed by atoms with Crippen LogP contribution in [0.25, 0.3) is 0 Å². The zero-order valence-corrected chi connectivity index (χ0v) is 15.8. The maximum Gasteiger partial charge on any atom is 0.251 e. The van der Waals surface area contributed by atoms with Gasteiger partial charge in [-0.25, -0.2) is 0 Å². The zero-order valence-electron chi connectivity index (χ0n) is 15.8. The molecule has 0 heterocycles. The predicted octanol–water partition coefficient (Wildman–Crippen LogP) is 3.09. The fraction of sp³-hybridized carbons (Fsp3) is 0.381. The van der Waals surface area contributed by atoms with Crippen molar-refractivity contribution in [3.8, 4) is 5.75 Å². The van der Waals surface area contributed by atoms with Crippen LogP contribution in [0.4, 0.5) is 0 Å². The van der Waals surface area contributed by atoms with Gasteiger partial charge < -0.3 is 19.7 Å². The Bertz CT molecular complexity index is 703. The van der Waals surface area contributed by atoms with Crippen molar-refractivity contribution in [2.24, 2.45) is 0 Å². The first-order valence-corrected chi connectivity index (χ1v) is 8.88. The standard InChI is InChI=1S/C21H28N2O3/c1-4-23(2)16-18-8-5-7-17(13-18)15-22-21(24)19-9-6-10-20(14-19)26-12-11-25-3/h5-10,13-14H,4,11-12,15-16H2,1-3H3,(H,22,24). The van der Waals surface area contributed by atoms with Crippen LogP contribution in [0, 0.1) is 0 Å². The zero-order chi connectivity index (χ0) is 18.8. The Morgan fingerprint density at radius 2 is 1.85 bits per heavy atom. The van der Waals surface area contributed by atoms with E-state index in [1.165, 1.54) is 5.56 Å². The van der Waals surface area contributed by atoms with Crippen LogP contribution in [-0.4, -0.2) is 44.7 Å². The Labute approximate surface area is 155 Å². The van der Waals surface area contributed by atoms with Gasteiger partial charge in [-0.05, 0) is 42.9 Å². The summed E-state index contributed by atoms with van der Waals surface area (Å²) in [4.78, 5) is 14.7. The van der Waals surface area contributed by atoms with Gasteiger partial charge in [-0.15, -0.1) is 0 Å². The van der Waals surface area contributed by atoms with Crippen molar-refractivity contribution in [3.05, 3.63) is 65.2 Å². The molecule has 0 atom stereocenters. The lowest BCUT2D eigenvalue weighted by atomic mass is 10.1. The third-order valence-corrected chi connectivity index (χ3v) is 4.09. The minimum absolute atomic E-state index is 0.113. The lowest BCUT2D eigenvalue weighted by molar-refractivity contribution is 0.0950. The van der Waals surface area contributed by atoms with Gasteiger partial charge in [0.2, 0.25) is 0 Å². The molecule has 0 saturated carbocycles. The number of nitrogens with zero attached hydrogens (tertiary/aromatic N) is 1. The van der Waals surface area contributed by atoms with E-state index < -0.39 is 0 Å². The second-order valence-corrected chi connectivity index (χ2v) is 6.20. The van der Waals surface area contributed by atoms with Crippen molar-refractivity contribution >= 4 is 5.91 Å². The number of methoxy groups -OCH3 is 1. The van der Waals surface area contributed by atoms with Gasteiger partial charge in [-0.2, -0.15) is 0 Å². The van der Waals surface area contributed by atoms with E-state index in [-0.39, 0.29) is 5.91 Å². The Hall–Kier alpha value is -2.37. The van der Waals surface area contributed by atoms with E-state index >= 15 is 0 Å². The van der Waals surface area contributed by atoms with E-state index in [1.54, 1.807) is 19.2 Å². The van der Waals surface area contributed by atoms with Crippen molar-refractivity contribution in [1.29, 1.82) is 0 Å². The highest BCUT2D eigenvalue weighted by molar-refractivity contribution is 5.94. The molecule has 0 spiro atoms. The monoisotopic (exact) mass is 356 g/mol. The first-order chi connectivity index (χ1) is 12.6. The Morgan fingerprint density at radius 3 is 2.62 bits per heavy atom. The topological polar surface area (TPSA) is 50.8 Å². The average Bonchev–Trinajstić information content (AvgIpc) is 2.67. The molecule has 2 aromatic rings. The summed E-state index contributed by atoms with van der Waals surface area (Å²) in [5.41, 5.74) is 2.92. The molecule has 0 radical (unpaired) electrons. The predicted molar refractivity (Wildman–Crippen MR) is 103 cm³/mol. The highest BCUT2D eigenvalue weighted by Crippen LogP contribution is 2.14. The lowest BCUT2D eigenvalue weighted by Gasteiger charge is -2.14. The van der Waals surface area contributed by atoms with E-state index in [0.29, 0.717) is 31.1 Å². The molecule has 5 nitrogen and oxygen atoms in total. The lowest BCUT2D eigenvalue weighted by Crippen LogP contribution is -2.23. The normalized spacial score (nSPS) is 10.8. The van der Waals surface area contributed by atoms with Crippen LogP contribution in [-0.2, 0) is 17.8 Å². The maximum absolute atomic E-state index is 12.4. The molecule has 1 N–H and O–H groups in total. The fourth-order valence-electron chi connectivity index (χ4n) is 2.52. The number of rotatable bonds is 10. The van der Waals surface area contributed by atoms with Crippen LogP contribution in [0.1, 0.15) is 28.4 Å². The number of nitrogens with one attached hydrogen (secondary N) is 1. The average molecular weight is 356 g/mol. The molecule has 2 aromatic carbocycles. The van der Waals surface area contributed by atoms with Crippen molar-refractivity contribution < 1.29 is 14.3 Å². The second kappa shape index (κ2) is 10.6. The van der Waals surface area contributed by atoms with Crippen LogP contribution in [0.2, 0.25) is 0 Å². The fourth-order valence-corrected chi connectivity index (χ4v) is 2.52. The van der Waals surface area contributed by atoms with E-state index in [9.17, 15) is 4.79 Å². The van der Waals surface area contributed by atoms with Gasteiger partial charge in [0.05, 0.1) is 6.61 Å². The van der Waals surface area contributed by atoms with Crippen LogP contribution >= 0.6 is 0 Å². The Kier molecular flexibility index (Phi) is 8.12. The van der Waals surface area contributed by atoms with Crippen molar-refractivity contribution in [3.63, 3.8) is 0 Å². The van der Waals surface area contributed by atoms with Crippen LogP contribution in [0.15, 0.2) is 48.5 Å². The largest absolute Gasteiger partial charge is 0.491 e. The molecule has 0 bridgehead atoms. The van der Waals surface area contributed by atoms with E-state index in [2.05, 4.69) is 36.3 Å². The number of benzene rings is 2. The molecule has 1 amide bonds. The number of hydrogen-bond donors (Lipinski definition) is 1. The van der Waals surface area contributed by atoms with Gasteiger partial charge in [0.1, 0.15) is 12.4 Å². The number of amides is 1. The molecule has 0 unspecified atom stereocenters. The summed E-state index contributed by atoms with van der Waals surface area (Å²) in [5, 5.41) is 2.97. The molecule has 26 heavy (non-hydrogen) atoms. The Morgan fingerprint density at radius 1 is 1.08 bits per heavy atom. The third kappa shape index (κ3) is 6.50. The summed E-state index contributed by atoms with van der Waals surface area (Å²) in [6, 6.07) is 15.5. The summed E-state index contributed by atoms with van der Waals surface area (Å²) < 4.78 is 10.5. The van der Waals surface area contributed by atoms with Crippen molar-refractivity contribution in [2.45, 2.75) is 20.0 Å². The second-order valence-electron chi connectivity index (χ2n) is 6.20. The summed E-state index contributed by atoms with van der Waals surface area (Å²) in [7, 11) is 3.72. The Balaban J connectivity index is 1.92. The molecular formula is C21H28N2O3. The van der Waals surface area contributed by atoms with Crippen molar-refractivity contribution in [1.82, 2.24) is 10.2 Å². The molecule has 0 fully saturated rings. The van der Waals surface area contributed by atoms with Gasteiger partial charge in [0.25, 0.3) is 5.91 Å². The summed E-state index contributed by atoms with van der Waals surface area (Å²) >= 11 is 0. The minimum Gasteiger partial charge on any atom is -0.491 e. The summed E-state index contributed by atoms with van der Waals surface area (Å²) in [6.07, 6.45) is 0. The van der Waals surface area contributed by atoms with E-state index in [0.717, 1.165) is 18.7 Å². The molecular weight excluding hydrogens is 328 g/mol. The molecule has 0 aliphatic carbocycles. The maximum atomic E-state index is 12.4. The molecule has 5 heteroatoms. The first-order valence-electron chi connectivity index (χ1n) is 8.88. The quantitative estimate of drug-likeness (QED) is 0.665.